The van der Waals surface area contributed by atoms with E-state index in [1.165, 1.54) is 57.1 Å². The summed E-state index contributed by atoms with van der Waals surface area (Å²) in [6, 6.07) is 9.17. The van der Waals surface area contributed by atoms with Gasteiger partial charge in [-0.2, -0.15) is 0 Å². The first-order valence-electron chi connectivity index (χ1n) is 15.2. The van der Waals surface area contributed by atoms with Crippen molar-refractivity contribution in [3.05, 3.63) is 60.2 Å². The average Bonchev–Trinajstić information content (AvgIpc) is 3.24. The Hall–Kier alpha value is -2.58. The summed E-state index contributed by atoms with van der Waals surface area (Å²) in [5, 5.41) is 2.96. The van der Waals surface area contributed by atoms with Gasteiger partial charge in [-0.3, -0.25) is 14.6 Å². The van der Waals surface area contributed by atoms with Gasteiger partial charge in [0.1, 0.15) is 5.69 Å². The molecule has 8 heteroatoms. The fourth-order valence-electron chi connectivity index (χ4n) is 5.96. The molecular weight excluding hydrogens is 499 g/mol. The quantitative estimate of drug-likeness (QED) is 0.189. The normalized spacial score (nSPS) is 19.1. The second kappa shape index (κ2) is 16.0. The third kappa shape index (κ3) is 10.1. The molecule has 1 aromatic carbocycles. The number of hydrogen-bond acceptors (Lipinski definition) is 6. The zero-order chi connectivity index (χ0) is 29.0. The van der Waals surface area contributed by atoms with Crippen LogP contribution in [0.4, 0.5) is 0 Å². The molecule has 1 amide bonds. The van der Waals surface area contributed by atoms with Crippen molar-refractivity contribution in [2.24, 2.45) is 5.92 Å². The van der Waals surface area contributed by atoms with Gasteiger partial charge in [0.15, 0.2) is 5.78 Å². The molecule has 1 aliphatic heterocycles. The van der Waals surface area contributed by atoms with Crippen LogP contribution in [0.15, 0.2) is 48.9 Å². The number of hydrogen-bond donors (Lipinski definition) is 1. The van der Waals surface area contributed by atoms with E-state index in [2.05, 4.69) is 54.8 Å². The lowest BCUT2D eigenvalue weighted by Gasteiger charge is -2.28. The van der Waals surface area contributed by atoms with Gasteiger partial charge in [0.05, 0.1) is 17.8 Å². The molecule has 0 spiro atoms. The average molecular weight is 549 g/mol. The molecule has 1 saturated heterocycles. The van der Waals surface area contributed by atoms with Crippen molar-refractivity contribution in [2.75, 3.05) is 13.6 Å². The molecule has 40 heavy (non-hydrogen) atoms. The Bertz CT molecular complexity index is 1040. The standard InChI is InChI=1S/C32H49BN4O3/c1-6-7-8-9-10-14-17-32(4)24-37(5)33(40-32)27(20-25(2)3)22-30(38)28(21-26-15-12-11-13-16-26)36-31(39)29-23-34-18-19-35-29/h11-13,15-16,18-19,23,25,27-28H,6-10,14,17,20-22,24H2,1-5H3,(H,36,39)/t27-,28+,32?/m1/s1. The van der Waals surface area contributed by atoms with E-state index in [0.717, 1.165) is 24.9 Å². The van der Waals surface area contributed by atoms with Crippen LogP contribution in [0.3, 0.4) is 0 Å². The summed E-state index contributed by atoms with van der Waals surface area (Å²) in [7, 11) is 2.00. The molecule has 0 aliphatic carbocycles. The summed E-state index contributed by atoms with van der Waals surface area (Å²) in [5.74, 6) is 0.0920. The van der Waals surface area contributed by atoms with E-state index in [1.807, 2.05) is 30.3 Å². The molecule has 3 atom stereocenters. The van der Waals surface area contributed by atoms with Crippen LogP contribution in [0.2, 0.25) is 5.82 Å². The van der Waals surface area contributed by atoms with Crippen LogP contribution >= 0.6 is 0 Å². The van der Waals surface area contributed by atoms with Crippen LogP contribution in [0, 0.1) is 5.92 Å². The SMILES string of the molecule is CCCCCCCCC1(C)CN(C)B([C@@H](CC(=O)[C@H](Cc2ccccc2)NC(=O)c2cnccn2)CC(C)C)O1. The number of Topliss-reactive ketones (excluding diaryl/α,β-unsaturated/α-hetero) is 1. The summed E-state index contributed by atoms with van der Waals surface area (Å²) >= 11 is 0. The van der Waals surface area contributed by atoms with Crippen LogP contribution in [0.1, 0.15) is 102 Å². The minimum atomic E-state index is -0.659. The highest BCUT2D eigenvalue weighted by Gasteiger charge is 2.47. The molecule has 1 aliphatic rings. The first kappa shape index (κ1) is 31.9. The van der Waals surface area contributed by atoms with Gasteiger partial charge in [-0.1, -0.05) is 96.0 Å². The summed E-state index contributed by atoms with van der Waals surface area (Å²) in [6.45, 7) is 9.73. The molecule has 1 fully saturated rings. The smallest absolute Gasteiger partial charge is 0.386 e. The summed E-state index contributed by atoms with van der Waals surface area (Å²) in [5.41, 5.74) is 1.00. The maximum atomic E-state index is 13.9. The molecule has 2 aromatic rings. The number of carbonyl (C=O) groups is 2. The highest BCUT2D eigenvalue weighted by molar-refractivity contribution is 6.51. The van der Waals surface area contributed by atoms with Crippen LogP contribution in [-0.4, -0.2) is 58.8 Å². The van der Waals surface area contributed by atoms with Crippen molar-refractivity contribution in [1.82, 2.24) is 20.1 Å². The highest BCUT2D eigenvalue weighted by atomic mass is 16.5. The molecule has 218 valence electrons. The molecule has 0 radical (unpaired) electrons. The maximum absolute atomic E-state index is 13.9. The Kier molecular flexibility index (Phi) is 12.8. The summed E-state index contributed by atoms with van der Waals surface area (Å²) < 4.78 is 6.77. The van der Waals surface area contributed by atoms with E-state index < -0.39 is 6.04 Å². The van der Waals surface area contributed by atoms with Crippen molar-refractivity contribution in [2.45, 2.75) is 109 Å². The number of ketones is 1. The third-order valence-corrected chi connectivity index (χ3v) is 7.90. The molecule has 3 rings (SSSR count). The molecule has 1 N–H and O–H groups in total. The number of likely N-dealkylation sites (N-methyl/N-ethyl adjacent to an activating group) is 1. The van der Waals surface area contributed by atoms with E-state index >= 15 is 0 Å². The van der Waals surface area contributed by atoms with Crippen molar-refractivity contribution < 1.29 is 14.2 Å². The van der Waals surface area contributed by atoms with Crippen LogP contribution in [-0.2, 0) is 15.9 Å². The monoisotopic (exact) mass is 548 g/mol. The third-order valence-electron chi connectivity index (χ3n) is 7.90. The zero-order valence-corrected chi connectivity index (χ0v) is 25.3. The fourth-order valence-corrected chi connectivity index (χ4v) is 5.96. The number of nitrogens with zero attached hydrogens (tertiary/aromatic N) is 3. The number of amides is 1. The van der Waals surface area contributed by atoms with Crippen LogP contribution < -0.4 is 5.32 Å². The van der Waals surface area contributed by atoms with E-state index in [9.17, 15) is 9.59 Å². The maximum Gasteiger partial charge on any atom is 0.386 e. The Morgan fingerprint density at radius 1 is 1.10 bits per heavy atom. The molecule has 0 saturated carbocycles. The lowest BCUT2D eigenvalue weighted by atomic mass is 9.60. The van der Waals surface area contributed by atoms with Crippen molar-refractivity contribution in [1.29, 1.82) is 0 Å². The van der Waals surface area contributed by atoms with E-state index in [4.69, 9.17) is 4.65 Å². The fraction of sp³-hybridized carbons (Fsp3) is 0.625. The second-order valence-electron chi connectivity index (χ2n) is 12.3. The van der Waals surface area contributed by atoms with Crippen LogP contribution in [0.25, 0.3) is 0 Å². The lowest BCUT2D eigenvalue weighted by Crippen LogP contribution is -2.45. The van der Waals surface area contributed by atoms with Crippen molar-refractivity contribution >= 4 is 18.7 Å². The lowest BCUT2D eigenvalue weighted by molar-refractivity contribution is -0.121. The predicted molar refractivity (Wildman–Crippen MR) is 162 cm³/mol. The number of benzene rings is 1. The van der Waals surface area contributed by atoms with Crippen LogP contribution in [0.5, 0.6) is 0 Å². The molecule has 0 bridgehead atoms. The van der Waals surface area contributed by atoms with E-state index in [0.29, 0.717) is 18.8 Å². The number of aromatic nitrogens is 2. The van der Waals surface area contributed by atoms with Gasteiger partial charge in [-0.15, -0.1) is 0 Å². The number of unbranched alkanes of at least 4 members (excludes halogenated alkanes) is 5. The van der Waals surface area contributed by atoms with E-state index in [1.54, 1.807) is 0 Å². The predicted octanol–water partition coefficient (Wildman–Crippen LogP) is 6.15. The van der Waals surface area contributed by atoms with Gasteiger partial charge in [0.25, 0.3) is 5.91 Å². The first-order valence-corrected chi connectivity index (χ1v) is 15.2. The highest BCUT2D eigenvalue weighted by Crippen LogP contribution is 2.37. The Labute approximate surface area is 242 Å². The molecule has 1 aromatic heterocycles. The Balaban J connectivity index is 1.70. The number of rotatable bonds is 17. The van der Waals surface area contributed by atoms with Crippen molar-refractivity contribution in [3.63, 3.8) is 0 Å². The van der Waals surface area contributed by atoms with Gasteiger partial charge in [-0.25, -0.2) is 4.98 Å². The minimum Gasteiger partial charge on any atom is -0.415 e. The molecular formula is C32H49BN4O3. The Morgan fingerprint density at radius 3 is 2.50 bits per heavy atom. The van der Waals surface area contributed by atoms with Crippen molar-refractivity contribution in [3.8, 4) is 0 Å². The van der Waals surface area contributed by atoms with Gasteiger partial charge in [0, 0.05) is 25.4 Å². The minimum absolute atomic E-state index is 0.0215. The second-order valence-corrected chi connectivity index (χ2v) is 12.3. The summed E-state index contributed by atoms with van der Waals surface area (Å²) in [4.78, 5) is 37.3. The molecule has 2 heterocycles. The number of nitrogens with one attached hydrogen (secondary N) is 1. The number of carbonyl (C=O) groups excluding carboxylic acids is 2. The largest absolute Gasteiger partial charge is 0.415 e. The van der Waals surface area contributed by atoms with Gasteiger partial charge < -0.3 is 14.8 Å². The topological polar surface area (TPSA) is 84.4 Å². The Morgan fingerprint density at radius 2 is 1.82 bits per heavy atom. The molecule has 7 nitrogen and oxygen atoms in total. The van der Waals surface area contributed by atoms with E-state index in [-0.39, 0.29) is 35.9 Å². The first-order chi connectivity index (χ1) is 19.2. The van der Waals surface area contributed by atoms with Gasteiger partial charge >= 0.3 is 7.05 Å². The summed E-state index contributed by atoms with van der Waals surface area (Å²) in [6.07, 6.45) is 14.7. The molecule has 1 unspecified atom stereocenters. The van der Waals surface area contributed by atoms with Gasteiger partial charge in [-0.05, 0) is 44.1 Å². The van der Waals surface area contributed by atoms with Gasteiger partial charge in [0.2, 0.25) is 0 Å². The zero-order valence-electron chi connectivity index (χ0n) is 25.3.